The Balaban J connectivity index is 2.37. The van der Waals surface area contributed by atoms with Gasteiger partial charge >= 0.3 is 0 Å². The Bertz CT molecular complexity index is 496. The van der Waals surface area contributed by atoms with Gasteiger partial charge in [0.15, 0.2) is 0 Å². The maximum atomic E-state index is 11.4. The van der Waals surface area contributed by atoms with Crippen LogP contribution in [-0.2, 0) is 16.1 Å². The van der Waals surface area contributed by atoms with Gasteiger partial charge < -0.3 is 15.4 Å². The summed E-state index contributed by atoms with van der Waals surface area (Å²) in [5.41, 5.74) is 0.643. The molecule has 1 aromatic carbocycles. The summed E-state index contributed by atoms with van der Waals surface area (Å²) >= 11 is 3.29. The molecule has 116 valence electrons. The highest BCUT2D eigenvalue weighted by Crippen LogP contribution is 2.22. The van der Waals surface area contributed by atoms with Gasteiger partial charge in [-0.3, -0.25) is 14.9 Å². The van der Waals surface area contributed by atoms with Crippen LogP contribution in [0.4, 0.5) is 5.69 Å². The van der Waals surface area contributed by atoms with Crippen LogP contribution in [0.5, 0.6) is 0 Å². The number of rotatable bonds is 9. The first kappa shape index (κ1) is 17.5. The standard InChI is InChI=1S/C13H18BrN3O4/c1-21-7-6-16-13(18)4-5-15-9-10-8-11(14)2-3-12(10)17(19)20/h2-3,8,15H,4-7,9H2,1H3,(H,16,18). The van der Waals surface area contributed by atoms with Crippen LogP contribution in [0.1, 0.15) is 12.0 Å². The third-order valence-corrected chi connectivity index (χ3v) is 3.20. The highest BCUT2D eigenvalue weighted by molar-refractivity contribution is 9.10. The number of ether oxygens (including phenoxy) is 1. The first-order valence-corrected chi connectivity index (χ1v) is 7.23. The molecule has 0 saturated heterocycles. The van der Waals surface area contributed by atoms with Gasteiger partial charge in [0.25, 0.3) is 5.69 Å². The van der Waals surface area contributed by atoms with Gasteiger partial charge in [-0.1, -0.05) is 15.9 Å². The fraction of sp³-hybridized carbons (Fsp3) is 0.462. The molecule has 0 fully saturated rings. The molecule has 1 rings (SSSR count). The number of methoxy groups -OCH3 is 1. The lowest BCUT2D eigenvalue weighted by Crippen LogP contribution is -2.30. The van der Waals surface area contributed by atoms with Gasteiger partial charge in [0, 0.05) is 49.3 Å². The van der Waals surface area contributed by atoms with Gasteiger partial charge in [0.1, 0.15) is 0 Å². The second-order valence-corrected chi connectivity index (χ2v) is 5.22. The smallest absolute Gasteiger partial charge is 0.273 e. The number of hydrogen-bond donors (Lipinski definition) is 2. The molecule has 0 unspecified atom stereocenters. The first-order chi connectivity index (χ1) is 10.0. The van der Waals surface area contributed by atoms with E-state index in [0.29, 0.717) is 38.2 Å². The number of nitro groups is 1. The zero-order chi connectivity index (χ0) is 15.7. The third kappa shape index (κ3) is 6.65. The summed E-state index contributed by atoms with van der Waals surface area (Å²) < 4.78 is 5.60. The predicted octanol–water partition coefficient (Wildman–Crippen LogP) is 1.60. The normalized spacial score (nSPS) is 10.4. The van der Waals surface area contributed by atoms with Gasteiger partial charge in [0.05, 0.1) is 11.5 Å². The number of hydrogen-bond acceptors (Lipinski definition) is 5. The van der Waals surface area contributed by atoms with Crippen LogP contribution < -0.4 is 10.6 Å². The maximum Gasteiger partial charge on any atom is 0.273 e. The molecule has 0 aliphatic heterocycles. The minimum absolute atomic E-state index is 0.0650. The number of halogens is 1. The molecule has 0 radical (unpaired) electrons. The molecule has 0 saturated carbocycles. The molecular formula is C13H18BrN3O4. The summed E-state index contributed by atoms with van der Waals surface area (Å²) in [5.74, 6) is -0.0803. The number of nitro benzene ring substituents is 1. The molecule has 7 nitrogen and oxygen atoms in total. The van der Waals surface area contributed by atoms with E-state index in [0.717, 1.165) is 4.47 Å². The molecule has 0 atom stereocenters. The van der Waals surface area contributed by atoms with Crippen molar-refractivity contribution in [2.45, 2.75) is 13.0 Å². The summed E-state index contributed by atoms with van der Waals surface area (Å²) in [6.45, 7) is 1.74. The molecule has 0 aromatic heterocycles. The van der Waals surface area contributed by atoms with Crippen LogP contribution >= 0.6 is 15.9 Å². The first-order valence-electron chi connectivity index (χ1n) is 6.43. The van der Waals surface area contributed by atoms with Crippen LogP contribution in [-0.4, -0.2) is 37.6 Å². The lowest BCUT2D eigenvalue weighted by Gasteiger charge is -2.07. The van der Waals surface area contributed by atoms with Gasteiger partial charge in [-0.05, 0) is 12.1 Å². The quantitative estimate of drug-likeness (QED) is 0.396. The van der Waals surface area contributed by atoms with Crippen molar-refractivity contribution in [2.75, 3.05) is 26.8 Å². The Kier molecular flexibility index (Phi) is 7.88. The van der Waals surface area contributed by atoms with E-state index in [1.165, 1.54) is 6.07 Å². The lowest BCUT2D eigenvalue weighted by atomic mass is 10.2. The Hall–Kier alpha value is -1.51. The average Bonchev–Trinajstić information content (AvgIpc) is 2.43. The molecule has 8 heteroatoms. The molecule has 21 heavy (non-hydrogen) atoms. The van der Waals surface area contributed by atoms with Gasteiger partial charge in [-0.15, -0.1) is 0 Å². The van der Waals surface area contributed by atoms with Crippen molar-refractivity contribution >= 4 is 27.5 Å². The molecule has 0 aliphatic rings. The van der Waals surface area contributed by atoms with E-state index in [-0.39, 0.29) is 11.6 Å². The number of amides is 1. The Labute approximate surface area is 131 Å². The van der Waals surface area contributed by atoms with Crippen molar-refractivity contribution in [1.82, 2.24) is 10.6 Å². The van der Waals surface area contributed by atoms with Crippen LogP contribution in [0.25, 0.3) is 0 Å². The van der Waals surface area contributed by atoms with Crippen LogP contribution in [0.3, 0.4) is 0 Å². The molecular weight excluding hydrogens is 342 g/mol. The largest absolute Gasteiger partial charge is 0.383 e. The van der Waals surface area contributed by atoms with Crippen LogP contribution in [0.15, 0.2) is 22.7 Å². The van der Waals surface area contributed by atoms with Crippen molar-refractivity contribution in [3.63, 3.8) is 0 Å². The highest BCUT2D eigenvalue weighted by Gasteiger charge is 2.13. The second kappa shape index (κ2) is 9.43. The van der Waals surface area contributed by atoms with E-state index in [1.54, 1.807) is 19.2 Å². The Morgan fingerprint density at radius 2 is 2.19 bits per heavy atom. The number of carbonyl (C=O) groups is 1. The van der Waals surface area contributed by atoms with Gasteiger partial charge in [0.2, 0.25) is 5.91 Å². The van der Waals surface area contributed by atoms with Crippen molar-refractivity contribution in [3.05, 3.63) is 38.3 Å². The zero-order valence-corrected chi connectivity index (χ0v) is 13.3. The predicted molar refractivity (Wildman–Crippen MR) is 82.0 cm³/mol. The van der Waals surface area contributed by atoms with Gasteiger partial charge in [-0.25, -0.2) is 0 Å². The van der Waals surface area contributed by atoms with Crippen molar-refractivity contribution in [3.8, 4) is 0 Å². The summed E-state index contributed by atoms with van der Waals surface area (Å²) in [7, 11) is 1.57. The number of carbonyl (C=O) groups excluding carboxylic acids is 1. The van der Waals surface area contributed by atoms with Crippen LogP contribution in [0.2, 0.25) is 0 Å². The molecule has 1 aromatic rings. The highest BCUT2D eigenvalue weighted by atomic mass is 79.9. The van der Waals surface area contributed by atoms with E-state index in [9.17, 15) is 14.9 Å². The fourth-order valence-corrected chi connectivity index (χ4v) is 2.09. The van der Waals surface area contributed by atoms with Crippen LogP contribution in [0, 0.1) is 10.1 Å². The Morgan fingerprint density at radius 1 is 1.43 bits per heavy atom. The van der Waals surface area contributed by atoms with E-state index in [4.69, 9.17) is 4.74 Å². The third-order valence-electron chi connectivity index (χ3n) is 2.71. The molecule has 0 bridgehead atoms. The van der Waals surface area contributed by atoms with Crippen molar-refractivity contribution in [1.29, 1.82) is 0 Å². The van der Waals surface area contributed by atoms with Gasteiger partial charge in [-0.2, -0.15) is 0 Å². The lowest BCUT2D eigenvalue weighted by molar-refractivity contribution is -0.385. The second-order valence-electron chi connectivity index (χ2n) is 4.30. The van der Waals surface area contributed by atoms with Crippen molar-refractivity contribution in [2.24, 2.45) is 0 Å². The molecule has 1 amide bonds. The molecule has 2 N–H and O–H groups in total. The summed E-state index contributed by atoms with van der Waals surface area (Å²) in [4.78, 5) is 21.9. The monoisotopic (exact) mass is 359 g/mol. The maximum absolute atomic E-state index is 11.4. The number of nitrogens with zero attached hydrogens (tertiary/aromatic N) is 1. The van der Waals surface area contributed by atoms with E-state index < -0.39 is 4.92 Å². The van der Waals surface area contributed by atoms with E-state index in [2.05, 4.69) is 26.6 Å². The molecule has 0 aliphatic carbocycles. The summed E-state index contributed by atoms with van der Waals surface area (Å²) in [5, 5.41) is 16.6. The molecule has 0 spiro atoms. The summed E-state index contributed by atoms with van der Waals surface area (Å²) in [6, 6.07) is 4.78. The average molecular weight is 360 g/mol. The molecule has 0 heterocycles. The Morgan fingerprint density at radius 3 is 2.86 bits per heavy atom. The van der Waals surface area contributed by atoms with Crippen molar-refractivity contribution < 1.29 is 14.5 Å². The van der Waals surface area contributed by atoms with E-state index >= 15 is 0 Å². The number of nitrogens with one attached hydrogen (secondary N) is 2. The van der Waals surface area contributed by atoms with E-state index in [1.807, 2.05) is 0 Å². The SMILES string of the molecule is COCCNC(=O)CCNCc1cc(Br)ccc1[N+](=O)[O-]. The summed E-state index contributed by atoms with van der Waals surface area (Å²) in [6.07, 6.45) is 0.311. The minimum Gasteiger partial charge on any atom is -0.383 e. The topological polar surface area (TPSA) is 93.5 Å². The zero-order valence-electron chi connectivity index (χ0n) is 11.7. The minimum atomic E-state index is -0.416. The fourth-order valence-electron chi connectivity index (χ4n) is 1.68. The number of benzene rings is 1.